The first-order valence-corrected chi connectivity index (χ1v) is 6.91. The van der Waals surface area contributed by atoms with Gasteiger partial charge < -0.3 is 15.2 Å². The highest BCUT2D eigenvalue weighted by Crippen LogP contribution is 2.29. The Kier molecular flexibility index (Phi) is 5.90. The Morgan fingerprint density at radius 1 is 1.29 bits per heavy atom. The molecule has 1 saturated carbocycles. The van der Waals surface area contributed by atoms with Crippen LogP contribution >= 0.6 is 0 Å². The fourth-order valence-electron chi connectivity index (χ4n) is 2.83. The lowest BCUT2D eigenvalue weighted by atomic mass is 9.78. The minimum absolute atomic E-state index is 0.553. The summed E-state index contributed by atoms with van der Waals surface area (Å²) >= 11 is 0. The predicted molar refractivity (Wildman–Crippen MR) is 71.1 cm³/mol. The second kappa shape index (κ2) is 6.72. The number of rotatable bonds is 6. The highest BCUT2D eigenvalue weighted by molar-refractivity contribution is 4.86. The van der Waals surface area contributed by atoms with Gasteiger partial charge in [0.15, 0.2) is 0 Å². The van der Waals surface area contributed by atoms with E-state index in [1.54, 1.807) is 7.11 Å². The van der Waals surface area contributed by atoms with Crippen molar-refractivity contribution < 1.29 is 9.84 Å². The molecule has 0 aromatic rings. The van der Waals surface area contributed by atoms with E-state index in [4.69, 9.17) is 4.74 Å². The average molecular weight is 243 g/mol. The van der Waals surface area contributed by atoms with Crippen molar-refractivity contribution >= 4 is 0 Å². The molecule has 17 heavy (non-hydrogen) atoms. The summed E-state index contributed by atoms with van der Waals surface area (Å²) in [5.41, 5.74) is -0.660. The molecule has 3 unspecified atom stereocenters. The quantitative estimate of drug-likeness (QED) is 0.751. The van der Waals surface area contributed by atoms with E-state index in [2.05, 4.69) is 19.2 Å². The zero-order valence-electron chi connectivity index (χ0n) is 11.8. The van der Waals surface area contributed by atoms with E-state index in [0.29, 0.717) is 25.6 Å². The van der Waals surface area contributed by atoms with Crippen LogP contribution in [0.25, 0.3) is 0 Å². The fourth-order valence-corrected chi connectivity index (χ4v) is 2.83. The van der Waals surface area contributed by atoms with Gasteiger partial charge in [-0.05, 0) is 31.6 Å². The Balaban J connectivity index is 2.37. The highest BCUT2D eigenvalue weighted by Gasteiger charge is 2.29. The first kappa shape index (κ1) is 14.9. The maximum atomic E-state index is 10.2. The third-order valence-corrected chi connectivity index (χ3v) is 4.11. The van der Waals surface area contributed by atoms with E-state index in [9.17, 15) is 5.11 Å². The highest BCUT2D eigenvalue weighted by atomic mass is 16.5. The molecule has 0 aromatic heterocycles. The molecule has 0 aromatic carbocycles. The van der Waals surface area contributed by atoms with Gasteiger partial charge in [0.1, 0.15) is 0 Å². The number of methoxy groups -OCH3 is 1. The van der Waals surface area contributed by atoms with Gasteiger partial charge >= 0.3 is 0 Å². The molecular formula is C14H29NO2. The van der Waals surface area contributed by atoms with E-state index in [0.717, 1.165) is 11.8 Å². The second-order valence-electron chi connectivity index (χ2n) is 6.03. The summed E-state index contributed by atoms with van der Waals surface area (Å²) in [6, 6.07) is 0.553. The zero-order chi connectivity index (χ0) is 12.9. The van der Waals surface area contributed by atoms with Crippen LogP contribution in [0.4, 0.5) is 0 Å². The first-order chi connectivity index (χ1) is 7.96. The molecule has 102 valence electrons. The average Bonchev–Trinajstić information content (AvgIpc) is 2.26. The Hall–Kier alpha value is -0.120. The molecule has 0 bridgehead atoms. The van der Waals surface area contributed by atoms with Crippen LogP contribution in [0.5, 0.6) is 0 Å². The van der Waals surface area contributed by atoms with E-state index in [1.807, 2.05) is 6.92 Å². The summed E-state index contributed by atoms with van der Waals surface area (Å²) in [6.07, 6.45) is 4.65. The molecule has 1 rings (SSSR count). The number of ether oxygens (including phenoxy) is 1. The van der Waals surface area contributed by atoms with Crippen molar-refractivity contribution in [2.45, 2.75) is 58.1 Å². The normalized spacial score (nSPS) is 33.4. The van der Waals surface area contributed by atoms with Gasteiger partial charge in [0.25, 0.3) is 0 Å². The van der Waals surface area contributed by atoms with Crippen LogP contribution in [-0.4, -0.2) is 37.0 Å². The summed E-state index contributed by atoms with van der Waals surface area (Å²) in [7, 11) is 1.68. The Labute approximate surface area is 106 Å². The minimum atomic E-state index is -0.660. The van der Waals surface area contributed by atoms with Gasteiger partial charge in [-0.3, -0.25) is 0 Å². The summed E-state index contributed by atoms with van der Waals surface area (Å²) in [5, 5.41) is 13.8. The molecule has 3 nitrogen and oxygen atoms in total. The van der Waals surface area contributed by atoms with E-state index in [-0.39, 0.29) is 0 Å². The molecule has 1 fully saturated rings. The smallest absolute Gasteiger partial charge is 0.0765 e. The molecule has 1 aliphatic carbocycles. The molecule has 0 saturated heterocycles. The van der Waals surface area contributed by atoms with Gasteiger partial charge in [-0.15, -0.1) is 0 Å². The Morgan fingerprint density at radius 2 is 1.88 bits per heavy atom. The summed E-state index contributed by atoms with van der Waals surface area (Å²) in [4.78, 5) is 0. The summed E-state index contributed by atoms with van der Waals surface area (Å²) in [6.45, 7) is 7.80. The van der Waals surface area contributed by atoms with Crippen LogP contribution in [0.15, 0.2) is 0 Å². The van der Waals surface area contributed by atoms with Gasteiger partial charge in [0, 0.05) is 32.7 Å². The van der Waals surface area contributed by atoms with Crippen molar-refractivity contribution in [1.29, 1.82) is 0 Å². The van der Waals surface area contributed by atoms with E-state index >= 15 is 0 Å². The summed E-state index contributed by atoms with van der Waals surface area (Å²) < 4.78 is 5.02. The van der Waals surface area contributed by atoms with Crippen LogP contribution in [0.2, 0.25) is 0 Å². The van der Waals surface area contributed by atoms with Gasteiger partial charge in [-0.1, -0.05) is 20.3 Å². The fraction of sp³-hybridized carbons (Fsp3) is 1.00. The van der Waals surface area contributed by atoms with Crippen LogP contribution in [-0.2, 0) is 4.74 Å². The number of aliphatic hydroxyl groups is 1. The molecule has 0 aliphatic heterocycles. The molecule has 0 heterocycles. The molecular weight excluding hydrogens is 214 g/mol. The van der Waals surface area contributed by atoms with Crippen LogP contribution in [0.1, 0.15) is 46.5 Å². The Morgan fingerprint density at radius 3 is 2.41 bits per heavy atom. The Bertz CT molecular complexity index is 208. The molecule has 2 N–H and O–H groups in total. The molecule has 3 heteroatoms. The largest absolute Gasteiger partial charge is 0.389 e. The molecule has 1 aliphatic rings. The van der Waals surface area contributed by atoms with Crippen molar-refractivity contribution in [3.8, 4) is 0 Å². The minimum Gasteiger partial charge on any atom is -0.389 e. The lowest BCUT2D eigenvalue weighted by molar-refractivity contribution is 0.0175. The third-order valence-electron chi connectivity index (χ3n) is 4.11. The maximum absolute atomic E-state index is 10.2. The zero-order valence-corrected chi connectivity index (χ0v) is 11.8. The van der Waals surface area contributed by atoms with Crippen molar-refractivity contribution in [2.24, 2.45) is 11.8 Å². The maximum Gasteiger partial charge on any atom is 0.0765 e. The standard InChI is InChI=1S/C14H29NO2/c1-11-6-5-7-12(2)13(11)15-10-14(3,16)8-9-17-4/h11-13,15-16H,5-10H2,1-4H3. The lowest BCUT2D eigenvalue weighted by Crippen LogP contribution is -2.49. The van der Waals surface area contributed by atoms with Gasteiger partial charge in [0.2, 0.25) is 0 Å². The predicted octanol–water partition coefficient (Wildman–Crippen LogP) is 2.19. The van der Waals surface area contributed by atoms with Crippen molar-refractivity contribution in [2.75, 3.05) is 20.3 Å². The number of nitrogens with one attached hydrogen (secondary N) is 1. The van der Waals surface area contributed by atoms with Gasteiger partial charge in [-0.2, -0.15) is 0 Å². The molecule has 0 amide bonds. The topological polar surface area (TPSA) is 41.5 Å². The van der Waals surface area contributed by atoms with E-state index < -0.39 is 5.60 Å². The molecule has 3 atom stereocenters. The number of hydrogen-bond acceptors (Lipinski definition) is 3. The van der Waals surface area contributed by atoms with Gasteiger partial charge in [0.05, 0.1) is 5.60 Å². The van der Waals surface area contributed by atoms with Crippen molar-refractivity contribution in [3.05, 3.63) is 0 Å². The van der Waals surface area contributed by atoms with Crippen molar-refractivity contribution in [3.63, 3.8) is 0 Å². The third kappa shape index (κ3) is 4.94. The molecule has 0 spiro atoms. The first-order valence-electron chi connectivity index (χ1n) is 6.91. The molecule has 0 radical (unpaired) electrons. The SMILES string of the molecule is COCCC(C)(O)CNC1C(C)CCCC1C. The second-order valence-corrected chi connectivity index (χ2v) is 6.03. The van der Waals surface area contributed by atoms with Crippen LogP contribution < -0.4 is 5.32 Å². The monoisotopic (exact) mass is 243 g/mol. The van der Waals surface area contributed by atoms with Crippen LogP contribution in [0.3, 0.4) is 0 Å². The van der Waals surface area contributed by atoms with E-state index in [1.165, 1.54) is 19.3 Å². The van der Waals surface area contributed by atoms with Crippen molar-refractivity contribution in [1.82, 2.24) is 5.32 Å². The van der Waals surface area contributed by atoms with Gasteiger partial charge in [-0.25, -0.2) is 0 Å². The lowest BCUT2D eigenvalue weighted by Gasteiger charge is -2.37. The summed E-state index contributed by atoms with van der Waals surface area (Å²) in [5.74, 6) is 1.44. The van der Waals surface area contributed by atoms with Crippen LogP contribution in [0, 0.1) is 11.8 Å². The number of hydrogen-bond donors (Lipinski definition) is 2.